The second-order valence-electron chi connectivity index (χ2n) is 4.82. The zero-order valence-corrected chi connectivity index (χ0v) is 10.9. The van der Waals surface area contributed by atoms with E-state index in [-0.39, 0.29) is 17.5 Å². The van der Waals surface area contributed by atoms with Gasteiger partial charge in [-0.05, 0) is 39.3 Å². The van der Waals surface area contributed by atoms with Crippen molar-refractivity contribution in [1.29, 1.82) is 0 Å². The van der Waals surface area contributed by atoms with E-state index in [4.69, 9.17) is 0 Å². The Morgan fingerprint density at radius 2 is 2.00 bits per heavy atom. The molecule has 1 rings (SSSR count). The van der Waals surface area contributed by atoms with E-state index >= 15 is 0 Å². The molecule has 0 aromatic carbocycles. The van der Waals surface area contributed by atoms with Crippen molar-refractivity contribution in [3.8, 4) is 0 Å². The molecule has 0 amide bonds. The molecule has 1 heterocycles. The van der Waals surface area contributed by atoms with Gasteiger partial charge in [0.2, 0.25) is 0 Å². The molecule has 17 heavy (non-hydrogen) atoms. The maximum atomic E-state index is 11.9. The number of ketones is 2. The van der Waals surface area contributed by atoms with Gasteiger partial charge in [-0.15, -0.1) is 0 Å². The van der Waals surface area contributed by atoms with Gasteiger partial charge in [0.05, 0.1) is 11.1 Å². The van der Waals surface area contributed by atoms with E-state index < -0.39 is 5.41 Å². The Morgan fingerprint density at radius 3 is 2.41 bits per heavy atom. The second kappa shape index (κ2) is 5.21. The van der Waals surface area contributed by atoms with Crippen molar-refractivity contribution < 1.29 is 9.59 Å². The molecule has 1 aromatic rings. The van der Waals surface area contributed by atoms with Crippen LogP contribution in [-0.2, 0) is 15.0 Å². The molecular formula is C14H19NO2. The summed E-state index contributed by atoms with van der Waals surface area (Å²) in [7, 11) is 0. The van der Waals surface area contributed by atoms with Gasteiger partial charge in [0.15, 0.2) is 0 Å². The number of rotatable bonds is 5. The average molecular weight is 233 g/mol. The fraction of sp³-hybridized carbons (Fsp3) is 0.500. The predicted octanol–water partition coefficient (Wildman–Crippen LogP) is 2.54. The fourth-order valence-corrected chi connectivity index (χ4v) is 1.87. The van der Waals surface area contributed by atoms with Crippen molar-refractivity contribution in [3.63, 3.8) is 0 Å². The molecule has 1 aromatic heterocycles. The van der Waals surface area contributed by atoms with Gasteiger partial charge in [-0.25, -0.2) is 0 Å². The van der Waals surface area contributed by atoms with E-state index in [2.05, 4.69) is 4.98 Å². The molecule has 2 atom stereocenters. The van der Waals surface area contributed by atoms with Gasteiger partial charge in [0, 0.05) is 12.1 Å². The lowest BCUT2D eigenvalue weighted by molar-refractivity contribution is -0.124. The Balaban J connectivity index is 3.07. The standard InChI is InChI=1S/C14H19NO2/c1-10(11(2)16)9-14(4,12(3)17)13-7-5-6-8-15-13/h5-8,10H,9H2,1-4H3. The minimum Gasteiger partial charge on any atom is -0.300 e. The summed E-state index contributed by atoms with van der Waals surface area (Å²) in [6.45, 7) is 6.83. The zero-order chi connectivity index (χ0) is 13.1. The van der Waals surface area contributed by atoms with Crippen LogP contribution in [0.1, 0.15) is 39.8 Å². The van der Waals surface area contributed by atoms with Gasteiger partial charge in [0.25, 0.3) is 0 Å². The molecule has 0 saturated carbocycles. The van der Waals surface area contributed by atoms with E-state index in [1.165, 1.54) is 0 Å². The lowest BCUT2D eigenvalue weighted by Gasteiger charge is -2.28. The van der Waals surface area contributed by atoms with Crippen LogP contribution in [-0.4, -0.2) is 16.6 Å². The average Bonchev–Trinajstić information content (AvgIpc) is 2.29. The van der Waals surface area contributed by atoms with Crippen LogP contribution in [0.15, 0.2) is 24.4 Å². The Bertz CT molecular complexity index is 413. The van der Waals surface area contributed by atoms with Crippen LogP contribution in [0.25, 0.3) is 0 Å². The van der Waals surface area contributed by atoms with Gasteiger partial charge >= 0.3 is 0 Å². The van der Waals surface area contributed by atoms with Gasteiger partial charge < -0.3 is 0 Å². The predicted molar refractivity (Wildman–Crippen MR) is 66.7 cm³/mol. The van der Waals surface area contributed by atoms with Crippen molar-refractivity contribution in [2.75, 3.05) is 0 Å². The largest absolute Gasteiger partial charge is 0.300 e. The first-order chi connectivity index (χ1) is 7.88. The highest BCUT2D eigenvalue weighted by molar-refractivity contribution is 5.88. The summed E-state index contributed by atoms with van der Waals surface area (Å²) in [6.07, 6.45) is 2.18. The Morgan fingerprint density at radius 1 is 1.35 bits per heavy atom. The molecule has 0 aliphatic heterocycles. The normalized spacial score (nSPS) is 16.0. The van der Waals surface area contributed by atoms with Crippen LogP contribution in [0.2, 0.25) is 0 Å². The molecule has 2 unspecified atom stereocenters. The molecule has 92 valence electrons. The van der Waals surface area contributed by atoms with Crippen LogP contribution < -0.4 is 0 Å². The van der Waals surface area contributed by atoms with Gasteiger partial charge in [-0.3, -0.25) is 14.6 Å². The molecule has 0 aliphatic rings. The van der Waals surface area contributed by atoms with E-state index in [0.29, 0.717) is 6.42 Å². The number of nitrogens with zero attached hydrogens (tertiary/aromatic N) is 1. The maximum absolute atomic E-state index is 11.9. The highest BCUT2D eigenvalue weighted by Gasteiger charge is 2.35. The van der Waals surface area contributed by atoms with E-state index in [0.717, 1.165) is 5.69 Å². The minimum atomic E-state index is -0.674. The molecule has 0 fully saturated rings. The second-order valence-corrected chi connectivity index (χ2v) is 4.82. The summed E-state index contributed by atoms with van der Waals surface area (Å²) in [6, 6.07) is 5.52. The molecule has 3 nitrogen and oxygen atoms in total. The van der Waals surface area contributed by atoms with Crippen LogP contribution >= 0.6 is 0 Å². The topological polar surface area (TPSA) is 47.0 Å². The Hall–Kier alpha value is -1.51. The molecule has 0 radical (unpaired) electrons. The number of carbonyl (C=O) groups excluding carboxylic acids is 2. The quantitative estimate of drug-likeness (QED) is 0.785. The number of hydrogen-bond acceptors (Lipinski definition) is 3. The smallest absolute Gasteiger partial charge is 0.141 e. The van der Waals surface area contributed by atoms with Crippen LogP contribution in [0.4, 0.5) is 0 Å². The lowest BCUT2D eigenvalue weighted by atomic mass is 9.74. The zero-order valence-electron chi connectivity index (χ0n) is 10.9. The Kier molecular flexibility index (Phi) is 4.16. The number of carbonyl (C=O) groups is 2. The van der Waals surface area contributed by atoms with Crippen molar-refractivity contribution in [3.05, 3.63) is 30.1 Å². The highest BCUT2D eigenvalue weighted by atomic mass is 16.1. The number of aromatic nitrogens is 1. The van der Waals surface area contributed by atoms with Crippen LogP contribution in [0.5, 0.6) is 0 Å². The number of Topliss-reactive ketones (excluding diaryl/α,β-unsaturated/α-hetero) is 2. The monoisotopic (exact) mass is 233 g/mol. The summed E-state index contributed by atoms with van der Waals surface area (Å²) < 4.78 is 0. The minimum absolute atomic E-state index is 0.0456. The summed E-state index contributed by atoms with van der Waals surface area (Å²) in [5, 5.41) is 0. The van der Waals surface area contributed by atoms with Gasteiger partial charge in [0.1, 0.15) is 11.6 Å². The van der Waals surface area contributed by atoms with Crippen molar-refractivity contribution >= 4 is 11.6 Å². The highest BCUT2D eigenvalue weighted by Crippen LogP contribution is 2.30. The molecule has 0 spiro atoms. The van der Waals surface area contributed by atoms with E-state index in [1.807, 2.05) is 32.0 Å². The summed E-state index contributed by atoms with van der Waals surface area (Å²) in [5.74, 6) is 0.0172. The SMILES string of the molecule is CC(=O)C(C)CC(C)(C(C)=O)c1ccccn1. The first kappa shape index (κ1) is 13.6. The number of hydrogen-bond donors (Lipinski definition) is 0. The van der Waals surface area contributed by atoms with Gasteiger partial charge in [-0.2, -0.15) is 0 Å². The third kappa shape index (κ3) is 2.99. The lowest BCUT2D eigenvalue weighted by Crippen LogP contribution is -2.35. The summed E-state index contributed by atoms with van der Waals surface area (Å²) >= 11 is 0. The van der Waals surface area contributed by atoms with E-state index in [1.54, 1.807) is 20.0 Å². The first-order valence-electron chi connectivity index (χ1n) is 5.81. The molecule has 3 heteroatoms. The third-order valence-electron chi connectivity index (χ3n) is 3.42. The summed E-state index contributed by atoms with van der Waals surface area (Å²) in [4.78, 5) is 27.5. The Labute approximate surface area is 102 Å². The molecule has 0 N–H and O–H groups in total. The summed E-state index contributed by atoms with van der Waals surface area (Å²) in [5.41, 5.74) is 0.0624. The van der Waals surface area contributed by atoms with E-state index in [9.17, 15) is 9.59 Å². The van der Waals surface area contributed by atoms with Gasteiger partial charge in [-0.1, -0.05) is 13.0 Å². The first-order valence-corrected chi connectivity index (χ1v) is 5.81. The van der Waals surface area contributed by atoms with Crippen LogP contribution in [0, 0.1) is 5.92 Å². The van der Waals surface area contributed by atoms with Crippen molar-refractivity contribution in [2.24, 2.45) is 5.92 Å². The molecule has 0 aliphatic carbocycles. The fourth-order valence-electron chi connectivity index (χ4n) is 1.87. The van der Waals surface area contributed by atoms with Crippen LogP contribution in [0.3, 0.4) is 0 Å². The molecular weight excluding hydrogens is 214 g/mol. The molecule has 0 saturated heterocycles. The molecule has 0 bridgehead atoms. The number of pyridine rings is 1. The van der Waals surface area contributed by atoms with Crippen molar-refractivity contribution in [2.45, 2.75) is 39.5 Å². The van der Waals surface area contributed by atoms with Crippen molar-refractivity contribution in [1.82, 2.24) is 4.98 Å². The maximum Gasteiger partial charge on any atom is 0.141 e. The third-order valence-corrected chi connectivity index (χ3v) is 3.42.